The van der Waals surface area contributed by atoms with Gasteiger partial charge in [0.25, 0.3) is 0 Å². The van der Waals surface area contributed by atoms with E-state index in [0.29, 0.717) is 0 Å². The Balaban J connectivity index is 2.53. The van der Waals surface area contributed by atoms with Crippen LogP contribution in [-0.4, -0.2) is 6.16 Å². The highest BCUT2D eigenvalue weighted by atomic mass is 32.0. The highest BCUT2D eigenvalue weighted by molar-refractivity contribution is 8.02. The van der Waals surface area contributed by atoms with Crippen molar-refractivity contribution < 1.29 is 0 Å². The molecule has 50 valence electrons. The summed E-state index contributed by atoms with van der Waals surface area (Å²) in [6, 6.07) is 0. The van der Waals surface area contributed by atoms with Gasteiger partial charge in [-0.2, -0.15) is 0 Å². The molecule has 0 saturated carbocycles. The molecular formula is C6H16P2. The van der Waals surface area contributed by atoms with Gasteiger partial charge in [0.15, 0.2) is 0 Å². The molecule has 0 N–H and O–H groups in total. The van der Waals surface area contributed by atoms with Gasteiger partial charge in [-0.3, -0.25) is 0 Å². The molecule has 0 aromatic carbocycles. The second-order valence-electron chi connectivity index (χ2n) is 2.01. The average Bonchev–Trinajstić information content (AvgIpc) is 1.81. The van der Waals surface area contributed by atoms with Crippen LogP contribution in [0.15, 0.2) is 0 Å². The number of unbranched alkanes of at least 4 members (excludes halogenated alkanes) is 3. The van der Waals surface area contributed by atoms with E-state index in [-0.39, 0.29) is 0 Å². The first-order chi connectivity index (χ1) is 3.91. The van der Waals surface area contributed by atoms with E-state index in [0.717, 1.165) is 8.27 Å². The van der Waals surface area contributed by atoms with Gasteiger partial charge in [0.1, 0.15) is 0 Å². The summed E-state index contributed by atoms with van der Waals surface area (Å²) in [6.45, 7) is 2.25. The summed E-state index contributed by atoms with van der Waals surface area (Å²) >= 11 is 0. The zero-order valence-electron chi connectivity index (χ0n) is 5.61. The Bertz CT molecular complexity index is 31.5. The average molecular weight is 150 g/mol. The molecule has 0 aliphatic carbocycles. The highest BCUT2D eigenvalue weighted by Crippen LogP contribution is 2.21. The molecule has 0 amide bonds. The van der Waals surface area contributed by atoms with Crippen LogP contribution in [0, 0.1) is 0 Å². The highest BCUT2D eigenvalue weighted by Gasteiger charge is 1.83. The van der Waals surface area contributed by atoms with Gasteiger partial charge in [-0.25, -0.2) is 0 Å². The fraction of sp³-hybridized carbons (Fsp3) is 1.00. The number of rotatable bonds is 5. The maximum atomic E-state index is 2.79. The molecule has 0 rings (SSSR count). The van der Waals surface area contributed by atoms with E-state index < -0.39 is 0 Å². The van der Waals surface area contributed by atoms with Crippen LogP contribution in [0.2, 0.25) is 0 Å². The first kappa shape index (κ1) is 8.86. The summed E-state index contributed by atoms with van der Waals surface area (Å²) in [5, 5.41) is 0. The van der Waals surface area contributed by atoms with Crippen molar-refractivity contribution in [2.45, 2.75) is 32.6 Å². The summed E-state index contributed by atoms with van der Waals surface area (Å²) in [5.41, 5.74) is 0. The van der Waals surface area contributed by atoms with Gasteiger partial charge in [-0.05, 0) is 12.6 Å². The summed E-state index contributed by atoms with van der Waals surface area (Å²) in [4.78, 5) is 0. The van der Waals surface area contributed by atoms with Crippen molar-refractivity contribution in [1.82, 2.24) is 0 Å². The third kappa shape index (κ3) is 6.86. The molecule has 0 nitrogen and oxygen atoms in total. The van der Waals surface area contributed by atoms with Gasteiger partial charge in [0, 0.05) is 0 Å². The smallest absolute Gasteiger partial charge is 0.0319 e. The van der Waals surface area contributed by atoms with Gasteiger partial charge < -0.3 is 0 Å². The van der Waals surface area contributed by atoms with Gasteiger partial charge in [0.2, 0.25) is 0 Å². The molecule has 2 atom stereocenters. The Labute approximate surface area is 56.7 Å². The zero-order chi connectivity index (χ0) is 6.24. The largest absolute Gasteiger partial charge is 0.114 e. The summed E-state index contributed by atoms with van der Waals surface area (Å²) in [6.07, 6.45) is 7.09. The van der Waals surface area contributed by atoms with Crippen LogP contribution in [0.4, 0.5) is 0 Å². The molecule has 0 saturated heterocycles. The molecule has 0 aromatic rings. The van der Waals surface area contributed by atoms with Crippen molar-refractivity contribution in [3.05, 3.63) is 0 Å². The Kier molecular flexibility index (Phi) is 8.70. The molecule has 2 unspecified atom stereocenters. The molecule has 0 aliphatic heterocycles. The van der Waals surface area contributed by atoms with Crippen molar-refractivity contribution in [3.8, 4) is 0 Å². The Morgan fingerprint density at radius 1 is 1.25 bits per heavy atom. The Morgan fingerprint density at radius 2 is 2.00 bits per heavy atom. The van der Waals surface area contributed by atoms with Crippen LogP contribution in [0.5, 0.6) is 0 Å². The van der Waals surface area contributed by atoms with Gasteiger partial charge in [-0.1, -0.05) is 26.2 Å². The lowest BCUT2D eigenvalue weighted by Gasteiger charge is -1.93. The van der Waals surface area contributed by atoms with Crippen LogP contribution < -0.4 is 0 Å². The maximum absolute atomic E-state index is 2.79. The van der Waals surface area contributed by atoms with Crippen LogP contribution in [0.3, 0.4) is 0 Å². The van der Waals surface area contributed by atoms with Gasteiger partial charge in [-0.15, -0.1) is 17.2 Å². The monoisotopic (exact) mass is 150 g/mol. The van der Waals surface area contributed by atoms with E-state index in [1.807, 2.05) is 0 Å². The van der Waals surface area contributed by atoms with E-state index >= 15 is 0 Å². The minimum atomic E-state index is 1.09. The topological polar surface area (TPSA) is 0 Å². The second kappa shape index (κ2) is 7.86. The van der Waals surface area contributed by atoms with Crippen LogP contribution in [0.25, 0.3) is 0 Å². The van der Waals surface area contributed by atoms with Crippen LogP contribution in [0.1, 0.15) is 32.6 Å². The normalized spacial score (nSPS) is 11.2. The minimum absolute atomic E-state index is 1.09. The molecule has 8 heavy (non-hydrogen) atoms. The molecule has 0 bridgehead atoms. The lowest BCUT2D eigenvalue weighted by Crippen LogP contribution is -1.75. The van der Waals surface area contributed by atoms with Crippen molar-refractivity contribution in [1.29, 1.82) is 0 Å². The quantitative estimate of drug-likeness (QED) is 0.417. The maximum Gasteiger partial charge on any atom is -0.0319 e. The summed E-state index contributed by atoms with van der Waals surface area (Å²) < 4.78 is 0. The molecule has 2 heteroatoms. The Hall–Kier alpha value is 0.860. The van der Waals surface area contributed by atoms with Crippen molar-refractivity contribution in [3.63, 3.8) is 0 Å². The first-order valence-electron chi connectivity index (χ1n) is 3.35. The number of hydrogen-bond acceptors (Lipinski definition) is 0. The molecule has 0 spiro atoms. The van der Waals surface area contributed by atoms with E-state index in [1.54, 1.807) is 0 Å². The van der Waals surface area contributed by atoms with E-state index in [2.05, 4.69) is 15.9 Å². The molecule has 0 radical (unpaired) electrons. The number of hydrogen-bond donors (Lipinski definition) is 0. The first-order valence-corrected chi connectivity index (χ1v) is 6.37. The lowest BCUT2D eigenvalue weighted by molar-refractivity contribution is 0.706. The standard InChI is InChI=1S/C6H16P2/c1-2-3-4-5-6-8-7/h8H,2-7H2,1H3. The van der Waals surface area contributed by atoms with Crippen LogP contribution >= 0.6 is 17.2 Å². The van der Waals surface area contributed by atoms with Crippen molar-refractivity contribution in [2.75, 3.05) is 6.16 Å². The zero-order valence-corrected chi connectivity index (χ0v) is 7.77. The van der Waals surface area contributed by atoms with Crippen LogP contribution in [-0.2, 0) is 0 Å². The van der Waals surface area contributed by atoms with E-state index in [4.69, 9.17) is 0 Å². The fourth-order valence-electron chi connectivity index (χ4n) is 0.654. The summed E-state index contributed by atoms with van der Waals surface area (Å²) in [7, 11) is 3.88. The predicted molar refractivity (Wildman–Crippen MR) is 47.0 cm³/mol. The summed E-state index contributed by atoms with van der Waals surface area (Å²) in [5.74, 6) is 0. The molecule has 0 heterocycles. The second-order valence-corrected chi connectivity index (χ2v) is 4.15. The van der Waals surface area contributed by atoms with E-state index in [9.17, 15) is 0 Å². The lowest BCUT2D eigenvalue weighted by atomic mass is 10.2. The molecular weight excluding hydrogens is 134 g/mol. The van der Waals surface area contributed by atoms with E-state index in [1.165, 1.54) is 31.8 Å². The SMILES string of the molecule is CCCCCCPP. The minimum Gasteiger partial charge on any atom is -0.114 e. The predicted octanol–water partition coefficient (Wildman–Crippen LogP) is 3.04. The van der Waals surface area contributed by atoms with Gasteiger partial charge in [0.05, 0.1) is 0 Å². The molecule has 0 aliphatic rings. The molecule has 0 fully saturated rings. The molecule has 0 aromatic heterocycles. The van der Waals surface area contributed by atoms with Crippen molar-refractivity contribution in [2.24, 2.45) is 0 Å². The third-order valence-corrected chi connectivity index (χ3v) is 2.68. The fourth-order valence-corrected chi connectivity index (χ4v) is 1.72. The third-order valence-electron chi connectivity index (χ3n) is 1.17. The van der Waals surface area contributed by atoms with Crippen molar-refractivity contribution >= 4 is 17.2 Å². The Morgan fingerprint density at radius 3 is 2.50 bits per heavy atom. The van der Waals surface area contributed by atoms with Gasteiger partial charge >= 0.3 is 0 Å².